The number of hydrogen-bond donors (Lipinski definition) is 1. The van der Waals surface area contributed by atoms with Gasteiger partial charge in [0.25, 0.3) is 0 Å². The van der Waals surface area contributed by atoms with Crippen LogP contribution in [0.1, 0.15) is 12.5 Å². The second-order valence-corrected chi connectivity index (χ2v) is 5.26. The Morgan fingerprint density at radius 2 is 2.20 bits per heavy atom. The van der Waals surface area contributed by atoms with Crippen molar-refractivity contribution in [3.63, 3.8) is 0 Å². The monoisotopic (exact) mass is 315 g/mol. The zero-order chi connectivity index (χ0) is 14.9. The highest BCUT2D eigenvalue weighted by molar-refractivity contribution is 6.31. The van der Waals surface area contributed by atoms with Crippen LogP contribution < -0.4 is 0 Å². The van der Waals surface area contributed by atoms with Gasteiger partial charge in [0.2, 0.25) is 0 Å². The highest BCUT2D eigenvalue weighted by Crippen LogP contribution is 2.32. The Hall–Kier alpha value is -1.52. The van der Waals surface area contributed by atoms with Crippen molar-refractivity contribution >= 4 is 29.2 Å². The van der Waals surface area contributed by atoms with Gasteiger partial charge in [-0.2, -0.15) is 0 Å². The van der Waals surface area contributed by atoms with Crippen LogP contribution in [0.2, 0.25) is 0 Å². The Balaban J connectivity index is 2.30. The molecule has 1 atom stereocenters. The second-order valence-electron chi connectivity index (χ2n) is 4.46. The van der Waals surface area contributed by atoms with Gasteiger partial charge in [0.05, 0.1) is 5.57 Å². The number of benzene rings is 1. The van der Waals surface area contributed by atoms with E-state index in [1.165, 1.54) is 17.0 Å². The number of alkyl halides is 1. The summed E-state index contributed by atoms with van der Waals surface area (Å²) in [6, 6.07) is 6.00. The van der Waals surface area contributed by atoms with Gasteiger partial charge in [-0.3, -0.25) is 0 Å². The molecule has 0 saturated heterocycles. The molecule has 1 N–H and O–H groups in total. The summed E-state index contributed by atoms with van der Waals surface area (Å²) in [5.41, 5.74) is 0.352. The van der Waals surface area contributed by atoms with E-state index in [0.717, 1.165) is 0 Å². The largest absolute Gasteiger partial charge is 0.478 e. The molecule has 6 heteroatoms. The van der Waals surface area contributed by atoms with Gasteiger partial charge in [-0.25, -0.2) is 9.18 Å². The Morgan fingerprint density at radius 1 is 1.50 bits per heavy atom. The molecule has 0 amide bonds. The maximum atomic E-state index is 13.2. The summed E-state index contributed by atoms with van der Waals surface area (Å²) in [6.07, 6.45) is 1.54. The van der Waals surface area contributed by atoms with Gasteiger partial charge in [-0.15, -0.1) is 0 Å². The number of aliphatic carboxylic acids is 1. The molecule has 2 rings (SSSR count). The number of carboxylic acid groups (broad SMARTS) is 1. The van der Waals surface area contributed by atoms with E-state index in [2.05, 4.69) is 0 Å². The van der Waals surface area contributed by atoms with Crippen LogP contribution in [0.5, 0.6) is 0 Å². The lowest BCUT2D eigenvalue weighted by Crippen LogP contribution is -2.35. The molecule has 1 unspecified atom stereocenters. The molecular weight excluding hydrogens is 304 g/mol. The summed E-state index contributed by atoms with van der Waals surface area (Å²) < 4.78 is 13.2. The van der Waals surface area contributed by atoms with Gasteiger partial charge in [-0.05, 0) is 36.3 Å². The highest BCUT2D eigenvalue weighted by Gasteiger charge is 2.31. The summed E-state index contributed by atoms with van der Waals surface area (Å²) in [4.78, 5) is 12.7. The first kappa shape index (κ1) is 14.9. The van der Waals surface area contributed by atoms with Crippen molar-refractivity contribution in [2.24, 2.45) is 0 Å². The van der Waals surface area contributed by atoms with Crippen LogP contribution in [-0.4, -0.2) is 21.5 Å². The average molecular weight is 316 g/mol. The molecule has 0 fully saturated rings. The van der Waals surface area contributed by atoms with Gasteiger partial charge in [-0.1, -0.05) is 35.3 Å². The van der Waals surface area contributed by atoms with E-state index < -0.39 is 11.5 Å². The minimum Gasteiger partial charge on any atom is -0.478 e. The maximum absolute atomic E-state index is 13.2. The number of nitrogens with zero attached hydrogens (tertiary/aromatic N) is 1. The van der Waals surface area contributed by atoms with E-state index in [1.807, 2.05) is 0 Å². The van der Waals surface area contributed by atoms with E-state index in [-0.39, 0.29) is 17.9 Å². The summed E-state index contributed by atoms with van der Waals surface area (Å²) in [7, 11) is 0. The smallest absolute Gasteiger partial charge is 0.335 e. The molecule has 1 aromatic rings. The average Bonchev–Trinajstić information content (AvgIpc) is 2.33. The number of carboxylic acids is 1. The fourth-order valence-electron chi connectivity index (χ4n) is 2.05. The number of rotatable bonds is 3. The number of carbonyl (C=O) groups is 1. The van der Waals surface area contributed by atoms with Crippen molar-refractivity contribution < 1.29 is 14.3 Å². The Bertz CT molecular complexity index is 613. The predicted molar refractivity (Wildman–Crippen MR) is 75.9 cm³/mol. The first-order valence-corrected chi connectivity index (χ1v) is 6.68. The molecule has 3 nitrogen and oxygen atoms in total. The summed E-state index contributed by atoms with van der Waals surface area (Å²) in [5.74, 6) is -1.46. The predicted octanol–water partition coefficient (Wildman–Crippen LogP) is 3.69. The molecule has 1 aromatic carbocycles. The lowest BCUT2D eigenvalue weighted by atomic mass is 10.1. The molecule has 1 heterocycles. The van der Waals surface area contributed by atoms with Crippen LogP contribution >= 0.6 is 23.2 Å². The second kappa shape index (κ2) is 5.85. The quantitative estimate of drug-likeness (QED) is 0.683. The van der Waals surface area contributed by atoms with E-state index in [9.17, 15) is 14.3 Å². The lowest BCUT2D eigenvalue weighted by Gasteiger charge is -2.33. The standard InChI is InChI=1S/C14H12Cl2FNO2/c1-8-5-11(15)18(13(16)12(8)14(19)20)7-9-3-2-4-10(17)6-9/h2-6,13H,7H2,1H3,(H,19,20). The minimum absolute atomic E-state index is 0.0764. The van der Waals surface area contributed by atoms with E-state index in [0.29, 0.717) is 16.3 Å². The molecule has 0 saturated carbocycles. The molecular formula is C14H12Cl2FNO2. The maximum Gasteiger partial charge on any atom is 0.335 e. The van der Waals surface area contributed by atoms with Crippen LogP contribution in [0, 0.1) is 5.82 Å². The molecule has 0 bridgehead atoms. The van der Waals surface area contributed by atoms with E-state index >= 15 is 0 Å². The van der Waals surface area contributed by atoms with Crippen molar-refractivity contribution in [2.75, 3.05) is 0 Å². The van der Waals surface area contributed by atoms with Gasteiger partial charge in [0.15, 0.2) is 0 Å². The molecule has 0 aromatic heterocycles. The zero-order valence-corrected chi connectivity index (χ0v) is 12.1. The van der Waals surface area contributed by atoms with Gasteiger partial charge >= 0.3 is 5.97 Å². The Morgan fingerprint density at radius 3 is 2.80 bits per heavy atom. The lowest BCUT2D eigenvalue weighted by molar-refractivity contribution is -0.133. The van der Waals surface area contributed by atoms with Crippen molar-refractivity contribution in [1.82, 2.24) is 4.90 Å². The van der Waals surface area contributed by atoms with Gasteiger partial charge < -0.3 is 10.0 Å². The van der Waals surface area contributed by atoms with Crippen LogP contribution in [0.3, 0.4) is 0 Å². The minimum atomic E-state index is -1.09. The van der Waals surface area contributed by atoms with E-state index in [1.54, 1.807) is 25.1 Å². The van der Waals surface area contributed by atoms with Crippen LogP contribution in [0.15, 0.2) is 46.6 Å². The third kappa shape index (κ3) is 2.97. The van der Waals surface area contributed by atoms with Crippen molar-refractivity contribution in [2.45, 2.75) is 19.0 Å². The number of allylic oxidation sites excluding steroid dienone is 2. The number of hydrogen-bond acceptors (Lipinski definition) is 2. The van der Waals surface area contributed by atoms with Crippen LogP contribution in [-0.2, 0) is 11.3 Å². The van der Waals surface area contributed by atoms with Gasteiger partial charge in [0.1, 0.15) is 16.5 Å². The third-order valence-electron chi connectivity index (χ3n) is 3.02. The topological polar surface area (TPSA) is 40.5 Å². The molecule has 1 aliphatic heterocycles. The molecule has 0 spiro atoms. The summed E-state index contributed by atoms with van der Waals surface area (Å²) in [5, 5.41) is 9.52. The van der Waals surface area contributed by atoms with Crippen LogP contribution in [0.4, 0.5) is 4.39 Å². The van der Waals surface area contributed by atoms with Crippen LogP contribution in [0.25, 0.3) is 0 Å². The third-order valence-corrected chi connectivity index (χ3v) is 3.80. The fourth-order valence-corrected chi connectivity index (χ4v) is 2.86. The summed E-state index contributed by atoms with van der Waals surface area (Å²) in [6.45, 7) is 1.87. The van der Waals surface area contributed by atoms with E-state index in [4.69, 9.17) is 23.2 Å². The zero-order valence-electron chi connectivity index (χ0n) is 10.6. The SMILES string of the molecule is CC1=C(C(=O)O)C(Cl)N(Cc2cccc(F)c2)C(Cl)=C1. The normalized spacial score (nSPS) is 19.1. The first-order valence-electron chi connectivity index (χ1n) is 5.86. The highest BCUT2D eigenvalue weighted by atomic mass is 35.5. The van der Waals surface area contributed by atoms with Crippen molar-refractivity contribution in [1.29, 1.82) is 0 Å². The number of halogens is 3. The Kier molecular flexibility index (Phi) is 4.35. The molecule has 0 aliphatic carbocycles. The Labute approximate surface area is 125 Å². The molecule has 0 radical (unpaired) electrons. The molecule has 1 aliphatic rings. The molecule has 20 heavy (non-hydrogen) atoms. The summed E-state index contributed by atoms with van der Waals surface area (Å²) >= 11 is 12.3. The van der Waals surface area contributed by atoms with Crippen molar-refractivity contribution in [3.05, 3.63) is 58.0 Å². The van der Waals surface area contributed by atoms with Gasteiger partial charge in [0, 0.05) is 6.54 Å². The first-order chi connectivity index (χ1) is 9.40. The fraction of sp³-hybridized carbons (Fsp3) is 0.214. The molecule has 106 valence electrons. The van der Waals surface area contributed by atoms with Crippen molar-refractivity contribution in [3.8, 4) is 0 Å².